The van der Waals surface area contributed by atoms with E-state index in [9.17, 15) is 9.59 Å². The van der Waals surface area contributed by atoms with Crippen molar-refractivity contribution in [1.82, 2.24) is 9.78 Å². The van der Waals surface area contributed by atoms with E-state index in [1.807, 2.05) is 68.4 Å². The number of para-hydroxylation sites is 2. The van der Waals surface area contributed by atoms with Crippen molar-refractivity contribution in [3.05, 3.63) is 77.1 Å². The van der Waals surface area contributed by atoms with Gasteiger partial charge in [0.1, 0.15) is 5.56 Å². The van der Waals surface area contributed by atoms with Gasteiger partial charge in [-0.2, -0.15) is 5.10 Å². The summed E-state index contributed by atoms with van der Waals surface area (Å²) >= 11 is 0. The first-order chi connectivity index (χ1) is 14.4. The van der Waals surface area contributed by atoms with E-state index in [4.69, 9.17) is 4.74 Å². The van der Waals surface area contributed by atoms with Crippen molar-refractivity contribution in [1.29, 1.82) is 0 Å². The predicted octanol–water partition coefficient (Wildman–Crippen LogP) is 4.01. The van der Waals surface area contributed by atoms with Gasteiger partial charge < -0.3 is 9.64 Å². The van der Waals surface area contributed by atoms with Crippen molar-refractivity contribution in [2.75, 3.05) is 4.90 Å². The first-order valence-electron chi connectivity index (χ1n) is 10.1. The average Bonchev–Trinajstić information content (AvgIpc) is 3.22. The molecular formula is C24H25N3O3. The van der Waals surface area contributed by atoms with E-state index >= 15 is 0 Å². The van der Waals surface area contributed by atoms with Gasteiger partial charge in [-0.05, 0) is 57.9 Å². The SMILES string of the molecule is Cc1nn(-c2ccccc2)c(C)c1C(=O)O[C@@H](C)C(=O)N1c2ccccc2C[C@@H]1C. The number of aryl methyl sites for hydroxylation is 1. The van der Waals surface area contributed by atoms with E-state index in [0.717, 1.165) is 23.4 Å². The summed E-state index contributed by atoms with van der Waals surface area (Å²) in [6, 6.07) is 17.5. The van der Waals surface area contributed by atoms with Crippen LogP contribution in [-0.2, 0) is 16.0 Å². The second-order valence-electron chi connectivity index (χ2n) is 7.73. The fraction of sp³-hybridized carbons (Fsp3) is 0.292. The van der Waals surface area contributed by atoms with Crippen LogP contribution in [0.25, 0.3) is 5.69 Å². The zero-order chi connectivity index (χ0) is 21.4. The molecule has 2 heterocycles. The first kappa shape index (κ1) is 19.9. The zero-order valence-electron chi connectivity index (χ0n) is 17.6. The summed E-state index contributed by atoms with van der Waals surface area (Å²) in [5, 5.41) is 4.49. The molecule has 0 aliphatic carbocycles. The number of anilines is 1. The van der Waals surface area contributed by atoms with Crippen LogP contribution in [0.2, 0.25) is 0 Å². The highest BCUT2D eigenvalue weighted by atomic mass is 16.5. The lowest BCUT2D eigenvalue weighted by Crippen LogP contribution is -2.43. The fourth-order valence-corrected chi connectivity index (χ4v) is 4.13. The van der Waals surface area contributed by atoms with Gasteiger partial charge in [-0.1, -0.05) is 36.4 Å². The Morgan fingerprint density at radius 3 is 2.47 bits per heavy atom. The molecule has 2 atom stereocenters. The molecule has 1 aliphatic heterocycles. The molecule has 6 heteroatoms. The number of aromatic nitrogens is 2. The van der Waals surface area contributed by atoms with Crippen molar-refractivity contribution in [2.24, 2.45) is 0 Å². The second kappa shape index (κ2) is 7.78. The first-order valence-corrected chi connectivity index (χ1v) is 10.1. The number of nitrogens with zero attached hydrogens (tertiary/aromatic N) is 3. The Morgan fingerprint density at radius 1 is 1.07 bits per heavy atom. The molecule has 0 saturated carbocycles. The van der Waals surface area contributed by atoms with E-state index in [1.165, 1.54) is 0 Å². The summed E-state index contributed by atoms with van der Waals surface area (Å²) in [6.45, 7) is 7.23. The summed E-state index contributed by atoms with van der Waals surface area (Å²) in [5.41, 5.74) is 4.54. The average molecular weight is 403 g/mol. The van der Waals surface area contributed by atoms with Gasteiger partial charge in [0, 0.05) is 11.7 Å². The maximum absolute atomic E-state index is 13.1. The van der Waals surface area contributed by atoms with Gasteiger partial charge in [-0.25, -0.2) is 9.48 Å². The summed E-state index contributed by atoms with van der Waals surface area (Å²) in [4.78, 5) is 27.8. The van der Waals surface area contributed by atoms with Gasteiger partial charge in [0.25, 0.3) is 5.91 Å². The van der Waals surface area contributed by atoms with Gasteiger partial charge in [0.2, 0.25) is 0 Å². The van der Waals surface area contributed by atoms with Crippen molar-refractivity contribution in [2.45, 2.75) is 46.3 Å². The Morgan fingerprint density at radius 2 is 1.73 bits per heavy atom. The highest BCUT2D eigenvalue weighted by Gasteiger charge is 2.35. The van der Waals surface area contributed by atoms with E-state index in [2.05, 4.69) is 5.10 Å². The molecule has 1 amide bonds. The minimum Gasteiger partial charge on any atom is -0.449 e. The maximum Gasteiger partial charge on any atom is 0.342 e. The molecule has 0 saturated heterocycles. The van der Waals surface area contributed by atoms with Crippen LogP contribution in [0, 0.1) is 13.8 Å². The molecule has 0 N–H and O–H groups in total. The van der Waals surface area contributed by atoms with Crippen molar-refractivity contribution < 1.29 is 14.3 Å². The normalized spacial score (nSPS) is 16.3. The maximum atomic E-state index is 13.1. The van der Waals surface area contributed by atoms with Crippen LogP contribution in [-0.4, -0.2) is 33.8 Å². The number of hydrogen-bond donors (Lipinski definition) is 0. The fourth-order valence-electron chi connectivity index (χ4n) is 4.13. The van der Waals surface area contributed by atoms with Crippen LogP contribution in [0.4, 0.5) is 5.69 Å². The number of amides is 1. The van der Waals surface area contributed by atoms with Gasteiger partial charge in [0.05, 0.1) is 17.1 Å². The van der Waals surface area contributed by atoms with Gasteiger partial charge in [-0.15, -0.1) is 0 Å². The Balaban J connectivity index is 1.55. The highest BCUT2D eigenvalue weighted by Crippen LogP contribution is 2.32. The predicted molar refractivity (Wildman–Crippen MR) is 115 cm³/mol. The van der Waals surface area contributed by atoms with E-state index in [0.29, 0.717) is 17.0 Å². The van der Waals surface area contributed by atoms with Crippen LogP contribution in [0.3, 0.4) is 0 Å². The topological polar surface area (TPSA) is 64.4 Å². The molecule has 154 valence electrons. The van der Waals surface area contributed by atoms with E-state index in [-0.39, 0.29) is 11.9 Å². The monoisotopic (exact) mass is 403 g/mol. The number of rotatable bonds is 4. The van der Waals surface area contributed by atoms with Crippen LogP contribution in [0.5, 0.6) is 0 Å². The Bertz CT molecular complexity index is 1100. The minimum atomic E-state index is -0.898. The largest absolute Gasteiger partial charge is 0.449 e. The Hall–Kier alpha value is -3.41. The summed E-state index contributed by atoms with van der Waals surface area (Å²) in [7, 11) is 0. The minimum absolute atomic E-state index is 0.0281. The molecule has 0 bridgehead atoms. The number of carbonyl (C=O) groups excluding carboxylic acids is 2. The third kappa shape index (κ3) is 3.38. The smallest absolute Gasteiger partial charge is 0.342 e. The molecule has 3 aromatic rings. The summed E-state index contributed by atoms with van der Waals surface area (Å²) in [6.07, 6.45) is -0.102. The van der Waals surface area contributed by atoms with Crippen molar-refractivity contribution in [3.8, 4) is 5.69 Å². The quantitative estimate of drug-likeness (QED) is 0.618. The number of hydrogen-bond acceptors (Lipinski definition) is 4. The van der Waals surface area contributed by atoms with Gasteiger partial charge >= 0.3 is 5.97 Å². The summed E-state index contributed by atoms with van der Waals surface area (Å²) in [5.74, 6) is -0.750. The Kier molecular flexibility index (Phi) is 5.16. The lowest BCUT2D eigenvalue weighted by molar-refractivity contribution is -0.126. The molecule has 2 aromatic carbocycles. The Labute approximate surface area is 176 Å². The molecule has 0 spiro atoms. The highest BCUT2D eigenvalue weighted by molar-refractivity contribution is 6.01. The van der Waals surface area contributed by atoms with Crippen LogP contribution in [0.1, 0.15) is 41.2 Å². The number of esters is 1. The third-order valence-electron chi connectivity index (χ3n) is 5.57. The van der Waals surface area contributed by atoms with Crippen LogP contribution >= 0.6 is 0 Å². The molecule has 6 nitrogen and oxygen atoms in total. The number of fused-ring (bicyclic) bond motifs is 1. The molecule has 0 fully saturated rings. The lowest BCUT2D eigenvalue weighted by atomic mass is 10.1. The second-order valence-corrected chi connectivity index (χ2v) is 7.73. The van der Waals surface area contributed by atoms with E-state index < -0.39 is 12.1 Å². The molecule has 0 radical (unpaired) electrons. The number of benzene rings is 2. The van der Waals surface area contributed by atoms with Crippen LogP contribution in [0.15, 0.2) is 54.6 Å². The van der Waals surface area contributed by atoms with Crippen molar-refractivity contribution >= 4 is 17.6 Å². The molecular weight excluding hydrogens is 378 g/mol. The standard InChI is InChI=1S/C24H25N3O3/c1-15-14-19-10-8-9-13-21(19)26(15)23(28)18(4)30-24(29)22-16(2)25-27(17(22)3)20-11-6-5-7-12-20/h5-13,15,18H,14H2,1-4H3/t15-,18-/m0/s1. The zero-order valence-corrected chi connectivity index (χ0v) is 17.6. The molecule has 30 heavy (non-hydrogen) atoms. The third-order valence-corrected chi connectivity index (χ3v) is 5.57. The molecule has 1 aliphatic rings. The molecule has 4 rings (SSSR count). The van der Waals surface area contributed by atoms with Gasteiger partial charge in [-0.3, -0.25) is 4.79 Å². The molecule has 0 unspecified atom stereocenters. The summed E-state index contributed by atoms with van der Waals surface area (Å²) < 4.78 is 7.32. The van der Waals surface area contributed by atoms with Gasteiger partial charge in [0.15, 0.2) is 6.10 Å². The number of carbonyl (C=O) groups is 2. The molecule has 1 aromatic heterocycles. The lowest BCUT2D eigenvalue weighted by Gasteiger charge is -2.26. The number of ether oxygens (including phenoxy) is 1. The van der Waals surface area contributed by atoms with Crippen LogP contribution < -0.4 is 4.90 Å². The van der Waals surface area contributed by atoms with Crippen molar-refractivity contribution in [3.63, 3.8) is 0 Å². The van der Waals surface area contributed by atoms with E-state index in [1.54, 1.807) is 23.4 Å².